The molecular weight excluding hydrogens is 278 g/mol. The number of carbonyl (C=O) groups is 1. The van der Waals surface area contributed by atoms with Gasteiger partial charge in [-0.2, -0.15) is 0 Å². The molecule has 1 fully saturated rings. The van der Waals surface area contributed by atoms with Crippen LogP contribution in [0.25, 0.3) is 0 Å². The molecule has 2 aromatic heterocycles. The van der Waals surface area contributed by atoms with Crippen molar-refractivity contribution in [1.29, 1.82) is 0 Å². The minimum atomic E-state index is 0.227. The Balaban J connectivity index is 1.49. The number of aromatic nitrogens is 2. The monoisotopic (exact) mass is 299 g/mol. The number of rotatable bonds is 4. The lowest BCUT2D eigenvalue weighted by Crippen LogP contribution is -2.38. The van der Waals surface area contributed by atoms with Crippen molar-refractivity contribution < 1.29 is 9.21 Å². The number of hydrogen-bond donors (Lipinski definition) is 0. The number of nitrogens with zero attached hydrogens (tertiary/aromatic N) is 3. The molecule has 0 radical (unpaired) electrons. The molecule has 22 heavy (non-hydrogen) atoms. The summed E-state index contributed by atoms with van der Waals surface area (Å²) in [6, 6.07) is 3.83. The molecule has 1 saturated heterocycles. The average Bonchev–Trinajstić information content (AvgIpc) is 3.06. The smallest absolute Gasteiger partial charge is 0.222 e. The summed E-state index contributed by atoms with van der Waals surface area (Å²) in [6.45, 7) is 3.58. The quantitative estimate of drug-likeness (QED) is 0.871. The molecule has 0 aliphatic carbocycles. The van der Waals surface area contributed by atoms with E-state index in [0.717, 1.165) is 49.4 Å². The van der Waals surface area contributed by atoms with E-state index in [1.54, 1.807) is 12.5 Å². The van der Waals surface area contributed by atoms with Crippen LogP contribution in [0.4, 0.5) is 0 Å². The van der Waals surface area contributed by atoms with Crippen molar-refractivity contribution in [3.05, 3.63) is 47.9 Å². The van der Waals surface area contributed by atoms with Crippen LogP contribution in [-0.4, -0.2) is 33.9 Å². The van der Waals surface area contributed by atoms with Crippen LogP contribution in [0.2, 0.25) is 0 Å². The lowest BCUT2D eigenvalue weighted by molar-refractivity contribution is -0.132. The van der Waals surface area contributed by atoms with Crippen molar-refractivity contribution in [2.75, 3.05) is 13.1 Å². The van der Waals surface area contributed by atoms with Gasteiger partial charge in [-0.1, -0.05) is 0 Å². The maximum Gasteiger partial charge on any atom is 0.222 e. The van der Waals surface area contributed by atoms with E-state index in [0.29, 0.717) is 12.3 Å². The third kappa shape index (κ3) is 3.53. The number of hydrogen-bond acceptors (Lipinski definition) is 4. The topological polar surface area (TPSA) is 59.2 Å². The van der Waals surface area contributed by atoms with Gasteiger partial charge >= 0.3 is 0 Å². The van der Waals surface area contributed by atoms with Crippen LogP contribution in [0.1, 0.15) is 42.3 Å². The lowest BCUT2D eigenvalue weighted by Gasteiger charge is -2.31. The molecule has 1 amide bonds. The fourth-order valence-corrected chi connectivity index (χ4v) is 2.90. The predicted molar refractivity (Wildman–Crippen MR) is 82.4 cm³/mol. The van der Waals surface area contributed by atoms with Crippen LogP contribution in [-0.2, 0) is 11.2 Å². The predicted octanol–water partition coefficient (Wildman–Crippen LogP) is 2.72. The molecule has 2 aromatic rings. The molecule has 0 saturated carbocycles. The fourth-order valence-electron chi connectivity index (χ4n) is 2.90. The van der Waals surface area contributed by atoms with Crippen molar-refractivity contribution in [2.24, 2.45) is 0 Å². The van der Waals surface area contributed by atoms with Gasteiger partial charge in [0.25, 0.3) is 0 Å². The number of likely N-dealkylation sites (tertiary alicyclic amines) is 1. The Labute approximate surface area is 130 Å². The minimum absolute atomic E-state index is 0.227. The highest BCUT2D eigenvalue weighted by Gasteiger charge is 2.25. The van der Waals surface area contributed by atoms with Gasteiger partial charge in [-0.05, 0) is 43.9 Å². The fraction of sp³-hybridized carbons (Fsp3) is 0.471. The summed E-state index contributed by atoms with van der Waals surface area (Å²) < 4.78 is 5.03. The summed E-state index contributed by atoms with van der Waals surface area (Å²) in [7, 11) is 0. The zero-order valence-electron chi connectivity index (χ0n) is 12.9. The molecule has 0 N–H and O–H groups in total. The summed E-state index contributed by atoms with van der Waals surface area (Å²) in [6.07, 6.45) is 8.35. The Bertz CT molecular complexity index is 617. The Morgan fingerprint density at radius 1 is 1.36 bits per heavy atom. The van der Waals surface area contributed by atoms with Crippen molar-refractivity contribution in [3.8, 4) is 0 Å². The molecule has 0 aromatic carbocycles. The molecule has 5 heteroatoms. The lowest BCUT2D eigenvalue weighted by atomic mass is 9.95. The molecule has 0 unspecified atom stereocenters. The molecule has 1 aliphatic heterocycles. The zero-order chi connectivity index (χ0) is 15.4. The van der Waals surface area contributed by atoms with E-state index < -0.39 is 0 Å². The maximum absolute atomic E-state index is 12.3. The SMILES string of the molecule is Cc1ccnc(C2CCN(C(=O)CCc3ccoc3)CC2)n1. The molecule has 0 spiro atoms. The zero-order valence-corrected chi connectivity index (χ0v) is 12.9. The number of aryl methyl sites for hydroxylation is 2. The standard InChI is InChI=1S/C17H21N3O2/c1-13-4-8-18-17(19-13)15-5-9-20(10-6-15)16(21)3-2-14-7-11-22-12-14/h4,7-8,11-12,15H,2-3,5-6,9-10H2,1H3. The normalized spacial score (nSPS) is 16.0. The van der Waals surface area contributed by atoms with E-state index in [9.17, 15) is 4.79 Å². The third-order valence-electron chi connectivity index (χ3n) is 4.23. The van der Waals surface area contributed by atoms with Crippen molar-refractivity contribution in [2.45, 2.75) is 38.5 Å². The van der Waals surface area contributed by atoms with E-state index in [1.807, 2.05) is 30.2 Å². The summed E-state index contributed by atoms with van der Waals surface area (Å²) >= 11 is 0. The van der Waals surface area contributed by atoms with Crippen LogP contribution >= 0.6 is 0 Å². The van der Waals surface area contributed by atoms with Gasteiger partial charge in [0, 0.05) is 37.3 Å². The van der Waals surface area contributed by atoms with Crippen molar-refractivity contribution >= 4 is 5.91 Å². The van der Waals surface area contributed by atoms with Crippen LogP contribution in [0.15, 0.2) is 35.3 Å². The number of carbonyl (C=O) groups excluding carboxylic acids is 1. The Hall–Kier alpha value is -2.17. The Morgan fingerprint density at radius 3 is 2.86 bits per heavy atom. The number of piperidine rings is 1. The maximum atomic E-state index is 12.3. The van der Waals surface area contributed by atoms with E-state index in [4.69, 9.17) is 4.42 Å². The summed E-state index contributed by atoms with van der Waals surface area (Å²) in [5.41, 5.74) is 2.08. The van der Waals surface area contributed by atoms with E-state index >= 15 is 0 Å². The van der Waals surface area contributed by atoms with Gasteiger partial charge in [0.2, 0.25) is 5.91 Å². The molecule has 3 heterocycles. The second-order valence-electron chi connectivity index (χ2n) is 5.84. The van der Waals surface area contributed by atoms with Gasteiger partial charge in [0.15, 0.2) is 0 Å². The molecule has 0 bridgehead atoms. The highest BCUT2D eigenvalue weighted by Crippen LogP contribution is 2.25. The summed E-state index contributed by atoms with van der Waals surface area (Å²) in [4.78, 5) is 23.1. The Kier molecular flexibility index (Phi) is 4.51. The molecule has 5 nitrogen and oxygen atoms in total. The highest BCUT2D eigenvalue weighted by atomic mass is 16.3. The molecular formula is C17H21N3O2. The molecule has 116 valence electrons. The van der Waals surface area contributed by atoms with Gasteiger partial charge in [-0.15, -0.1) is 0 Å². The average molecular weight is 299 g/mol. The van der Waals surface area contributed by atoms with E-state index in [1.165, 1.54) is 0 Å². The molecule has 1 aliphatic rings. The van der Waals surface area contributed by atoms with Crippen molar-refractivity contribution in [1.82, 2.24) is 14.9 Å². The van der Waals surface area contributed by atoms with Crippen LogP contribution < -0.4 is 0 Å². The van der Waals surface area contributed by atoms with Gasteiger partial charge in [0.05, 0.1) is 12.5 Å². The molecule has 0 atom stereocenters. The van der Waals surface area contributed by atoms with Crippen LogP contribution in [0, 0.1) is 6.92 Å². The van der Waals surface area contributed by atoms with E-state index in [2.05, 4.69) is 9.97 Å². The summed E-state index contributed by atoms with van der Waals surface area (Å²) in [5, 5.41) is 0. The second-order valence-corrected chi connectivity index (χ2v) is 5.84. The highest BCUT2D eigenvalue weighted by molar-refractivity contribution is 5.76. The van der Waals surface area contributed by atoms with Gasteiger partial charge in [0.1, 0.15) is 5.82 Å². The first-order valence-electron chi connectivity index (χ1n) is 7.81. The number of furan rings is 1. The molecule has 3 rings (SSSR count). The van der Waals surface area contributed by atoms with Crippen LogP contribution in [0.3, 0.4) is 0 Å². The number of amides is 1. The van der Waals surface area contributed by atoms with Crippen LogP contribution in [0.5, 0.6) is 0 Å². The third-order valence-corrected chi connectivity index (χ3v) is 4.23. The first kappa shape index (κ1) is 14.8. The van der Waals surface area contributed by atoms with E-state index in [-0.39, 0.29) is 5.91 Å². The second kappa shape index (κ2) is 6.73. The first-order chi connectivity index (χ1) is 10.7. The first-order valence-corrected chi connectivity index (χ1v) is 7.81. The van der Waals surface area contributed by atoms with Gasteiger partial charge in [-0.3, -0.25) is 4.79 Å². The minimum Gasteiger partial charge on any atom is -0.472 e. The van der Waals surface area contributed by atoms with Gasteiger partial charge < -0.3 is 9.32 Å². The van der Waals surface area contributed by atoms with Gasteiger partial charge in [-0.25, -0.2) is 9.97 Å². The summed E-state index contributed by atoms with van der Waals surface area (Å²) in [5.74, 6) is 1.52. The Morgan fingerprint density at radius 2 is 2.18 bits per heavy atom. The van der Waals surface area contributed by atoms with Crippen molar-refractivity contribution in [3.63, 3.8) is 0 Å². The largest absolute Gasteiger partial charge is 0.472 e.